The molecule has 1 unspecified atom stereocenters. The van der Waals surface area contributed by atoms with E-state index in [0.29, 0.717) is 4.47 Å². The van der Waals surface area contributed by atoms with Crippen molar-refractivity contribution in [2.24, 2.45) is 0 Å². The second-order valence-corrected chi connectivity index (χ2v) is 5.54. The predicted octanol–water partition coefficient (Wildman–Crippen LogP) is 1.13. The van der Waals surface area contributed by atoms with Crippen LogP contribution < -0.4 is 5.32 Å². The van der Waals surface area contributed by atoms with Crippen molar-refractivity contribution in [1.82, 2.24) is 10.2 Å². The van der Waals surface area contributed by atoms with Gasteiger partial charge in [-0.15, -0.1) is 0 Å². The number of halogens is 2. The van der Waals surface area contributed by atoms with Crippen LogP contribution in [0.15, 0.2) is 22.7 Å². The Hall–Kier alpha value is -1.60. The van der Waals surface area contributed by atoms with E-state index in [0.717, 1.165) is 4.90 Å². The molecule has 0 spiro atoms. The summed E-state index contributed by atoms with van der Waals surface area (Å²) in [5.74, 6) is -2.16. The third kappa shape index (κ3) is 2.94. The zero-order valence-corrected chi connectivity index (χ0v) is 12.4. The predicted molar refractivity (Wildman–Crippen MR) is 74.6 cm³/mol. The van der Waals surface area contributed by atoms with E-state index in [1.165, 1.54) is 12.1 Å². The molecule has 20 heavy (non-hydrogen) atoms. The van der Waals surface area contributed by atoms with Crippen LogP contribution in [0.25, 0.3) is 0 Å². The molecule has 1 aliphatic heterocycles. The Labute approximate surface area is 127 Å². The Morgan fingerprint density at radius 2 is 2.15 bits per heavy atom. The molecule has 8 heteroatoms. The summed E-state index contributed by atoms with van der Waals surface area (Å²) in [4.78, 5) is 36.0. The van der Waals surface area contributed by atoms with Crippen LogP contribution in [-0.4, -0.2) is 46.9 Å². The molecular weight excluding hydrogens is 351 g/mol. The first-order valence-electron chi connectivity index (χ1n) is 5.65. The van der Waals surface area contributed by atoms with Crippen molar-refractivity contribution in [3.05, 3.63) is 33.3 Å². The maximum Gasteiger partial charge on any atom is 0.328 e. The van der Waals surface area contributed by atoms with Crippen LogP contribution in [0.4, 0.5) is 0 Å². The number of carbonyl (C=O) groups excluding carboxylic acids is 2. The molecule has 1 saturated heterocycles. The SMILES string of the molecule is O=C1CN(C(=O)c2cc(Br)ccc2Cl)C(C(=O)O)CN1. The third-order valence-electron chi connectivity index (χ3n) is 2.89. The zero-order valence-electron chi connectivity index (χ0n) is 10.1. The smallest absolute Gasteiger partial charge is 0.328 e. The highest BCUT2D eigenvalue weighted by Crippen LogP contribution is 2.23. The van der Waals surface area contributed by atoms with E-state index >= 15 is 0 Å². The van der Waals surface area contributed by atoms with Gasteiger partial charge in [0.15, 0.2) is 0 Å². The van der Waals surface area contributed by atoms with E-state index in [1.54, 1.807) is 6.07 Å². The maximum atomic E-state index is 12.4. The lowest BCUT2D eigenvalue weighted by Crippen LogP contribution is -2.59. The van der Waals surface area contributed by atoms with Crippen LogP contribution in [0.1, 0.15) is 10.4 Å². The van der Waals surface area contributed by atoms with Crippen molar-refractivity contribution in [3.63, 3.8) is 0 Å². The van der Waals surface area contributed by atoms with Gasteiger partial charge in [-0.1, -0.05) is 27.5 Å². The zero-order chi connectivity index (χ0) is 14.9. The van der Waals surface area contributed by atoms with E-state index in [2.05, 4.69) is 21.2 Å². The van der Waals surface area contributed by atoms with Gasteiger partial charge in [-0.05, 0) is 18.2 Å². The molecule has 0 bridgehead atoms. The molecule has 1 atom stereocenters. The summed E-state index contributed by atoms with van der Waals surface area (Å²) in [5.41, 5.74) is 0.155. The highest BCUT2D eigenvalue weighted by atomic mass is 79.9. The molecule has 106 valence electrons. The number of carboxylic acids is 1. The number of carbonyl (C=O) groups is 3. The Morgan fingerprint density at radius 1 is 1.45 bits per heavy atom. The third-order valence-corrected chi connectivity index (χ3v) is 3.71. The van der Waals surface area contributed by atoms with Crippen molar-refractivity contribution in [3.8, 4) is 0 Å². The van der Waals surface area contributed by atoms with E-state index in [-0.39, 0.29) is 23.7 Å². The van der Waals surface area contributed by atoms with Gasteiger partial charge in [0, 0.05) is 11.0 Å². The van der Waals surface area contributed by atoms with Gasteiger partial charge in [-0.2, -0.15) is 0 Å². The van der Waals surface area contributed by atoms with Crippen molar-refractivity contribution in [2.75, 3.05) is 13.1 Å². The van der Waals surface area contributed by atoms with Gasteiger partial charge in [0.05, 0.1) is 10.6 Å². The summed E-state index contributed by atoms with van der Waals surface area (Å²) < 4.78 is 0.638. The van der Waals surface area contributed by atoms with Crippen LogP contribution in [-0.2, 0) is 9.59 Å². The molecule has 2 N–H and O–H groups in total. The molecule has 1 aromatic rings. The molecule has 0 saturated carbocycles. The lowest BCUT2D eigenvalue weighted by molar-refractivity contribution is -0.144. The maximum absolute atomic E-state index is 12.4. The van der Waals surface area contributed by atoms with Gasteiger partial charge in [0.25, 0.3) is 5.91 Å². The topological polar surface area (TPSA) is 86.7 Å². The number of amides is 2. The molecule has 0 radical (unpaired) electrons. The molecule has 1 aromatic carbocycles. The Balaban J connectivity index is 2.36. The average Bonchev–Trinajstić information content (AvgIpc) is 2.40. The molecule has 2 amide bonds. The number of nitrogens with zero attached hydrogens (tertiary/aromatic N) is 1. The summed E-state index contributed by atoms with van der Waals surface area (Å²) in [7, 11) is 0. The first-order chi connectivity index (χ1) is 9.40. The summed E-state index contributed by atoms with van der Waals surface area (Å²) in [6.07, 6.45) is 0. The molecule has 0 aliphatic carbocycles. The van der Waals surface area contributed by atoms with Crippen LogP contribution in [0.2, 0.25) is 5.02 Å². The summed E-state index contributed by atoms with van der Waals surface area (Å²) in [5, 5.41) is 11.7. The molecule has 0 aromatic heterocycles. The number of hydrogen-bond donors (Lipinski definition) is 2. The summed E-state index contributed by atoms with van der Waals surface area (Å²) in [6, 6.07) is 3.58. The lowest BCUT2D eigenvalue weighted by atomic mass is 10.1. The molecule has 1 heterocycles. The van der Waals surface area contributed by atoms with Gasteiger partial charge in [-0.25, -0.2) is 4.79 Å². The Bertz CT molecular complexity index is 593. The van der Waals surface area contributed by atoms with Crippen LogP contribution >= 0.6 is 27.5 Å². The summed E-state index contributed by atoms with van der Waals surface area (Å²) in [6.45, 7) is -0.426. The van der Waals surface area contributed by atoms with E-state index < -0.39 is 23.8 Å². The van der Waals surface area contributed by atoms with E-state index in [4.69, 9.17) is 16.7 Å². The number of carboxylic acid groups (broad SMARTS) is 1. The molecule has 1 fully saturated rings. The fraction of sp³-hybridized carbons (Fsp3) is 0.250. The normalized spacial score (nSPS) is 18.6. The van der Waals surface area contributed by atoms with Crippen LogP contribution in [0.5, 0.6) is 0 Å². The summed E-state index contributed by atoms with van der Waals surface area (Å²) >= 11 is 9.18. The van der Waals surface area contributed by atoms with E-state index in [1.807, 2.05) is 0 Å². The number of rotatable bonds is 2. The van der Waals surface area contributed by atoms with Gasteiger partial charge in [0.2, 0.25) is 5.91 Å². The number of aliphatic carboxylic acids is 1. The molecule has 2 rings (SSSR count). The molecule has 1 aliphatic rings. The van der Waals surface area contributed by atoms with Crippen molar-refractivity contribution in [1.29, 1.82) is 0 Å². The number of piperazine rings is 1. The molecular formula is C12H10BrClN2O4. The highest BCUT2D eigenvalue weighted by Gasteiger charge is 2.36. The van der Waals surface area contributed by atoms with Crippen molar-refractivity contribution in [2.45, 2.75) is 6.04 Å². The number of hydrogen-bond acceptors (Lipinski definition) is 3. The minimum atomic E-state index is -1.18. The quantitative estimate of drug-likeness (QED) is 0.827. The fourth-order valence-corrected chi connectivity index (χ4v) is 2.45. The lowest BCUT2D eigenvalue weighted by Gasteiger charge is -2.32. The van der Waals surface area contributed by atoms with Gasteiger partial charge < -0.3 is 15.3 Å². The van der Waals surface area contributed by atoms with Gasteiger partial charge >= 0.3 is 5.97 Å². The first kappa shape index (κ1) is 14.8. The van der Waals surface area contributed by atoms with E-state index in [9.17, 15) is 14.4 Å². The second-order valence-electron chi connectivity index (χ2n) is 4.22. The Kier molecular flexibility index (Phi) is 4.29. The highest BCUT2D eigenvalue weighted by molar-refractivity contribution is 9.10. The minimum Gasteiger partial charge on any atom is -0.480 e. The fourth-order valence-electron chi connectivity index (χ4n) is 1.89. The first-order valence-corrected chi connectivity index (χ1v) is 6.83. The average molecular weight is 362 g/mol. The van der Waals surface area contributed by atoms with Gasteiger partial charge in [0.1, 0.15) is 12.6 Å². The number of benzene rings is 1. The van der Waals surface area contributed by atoms with Crippen LogP contribution in [0, 0.1) is 0 Å². The van der Waals surface area contributed by atoms with Gasteiger partial charge in [-0.3, -0.25) is 9.59 Å². The number of nitrogens with one attached hydrogen (secondary N) is 1. The second kappa shape index (κ2) is 5.80. The standard InChI is InChI=1S/C12H10BrClN2O4/c13-6-1-2-8(14)7(3-6)11(18)16-5-10(17)15-4-9(16)12(19)20/h1-3,9H,4-5H2,(H,15,17)(H,19,20). The molecule has 6 nitrogen and oxygen atoms in total. The van der Waals surface area contributed by atoms with Crippen molar-refractivity contribution < 1.29 is 19.5 Å². The largest absolute Gasteiger partial charge is 0.480 e. The van der Waals surface area contributed by atoms with Crippen molar-refractivity contribution >= 4 is 45.3 Å². The minimum absolute atomic E-state index is 0.120. The monoisotopic (exact) mass is 360 g/mol. The Morgan fingerprint density at radius 3 is 2.80 bits per heavy atom. The van der Waals surface area contributed by atoms with Crippen LogP contribution in [0.3, 0.4) is 0 Å².